The van der Waals surface area contributed by atoms with Crippen LogP contribution in [0, 0.1) is 0 Å². The second-order valence-corrected chi connectivity index (χ2v) is 4.19. The largest absolute Gasteiger partial charge is 0.395 e. The molecule has 1 aromatic rings. The molecule has 6 heteroatoms. The van der Waals surface area contributed by atoms with Gasteiger partial charge < -0.3 is 21.7 Å². The lowest BCUT2D eigenvalue weighted by Crippen LogP contribution is -2.32. The maximum Gasteiger partial charge on any atom is 0.115 e. The molecule has 17 heavy (non-hydrogen) atoms. The number of nitrogens with zero attached hydrogens (tertiary/aromatic N) is 2. The lowest BCUT2D eigenvalue weighted by atomic mass is 9.90. The first-order chi connectivity index (χ1) is 8.17. The summed E-state index contributed by atoms with van der Waals surface area (Å²) in [5.74, 6) is 0.0299. The van der Waals surface area contributed by atoms with Crippen LogP contribution in [-0.2, 0) is 0 Å². The van der Waals surface area contributed by atoms with Crippen LogP contribution in [0.15, 0.2) is 18.6 Å². The number of aromatic nitrogens is 2. The molecule has 0 aromatic carbocycles. The summed E-state index contributed by atoms with van der Waals surface area (Å²) in [7, 11) is 0. The van der Waals surface area contributed by atoms with Crippen LogP contribution < -0.4 is 11.5 Å². The average Bonchev–Trinajstić information content (AvgIpc) is 2.38. The number of nitrogens with two attached hydrogens (primary N) is 2. The van der Waals surface area contributed by atoms with Gasteiger partial charge in [0, 0.05) is 29.9 Å². The Morgan fingerprint density at radius 3 is 2.12 bits per heavy atom. The van der Waals surface area contributed by atoms with Crippen LogP contribution in [0.5, 0.6) is 0 Å². The van der Waals surface area contributed by atoms with Gasteiger partial charge in [-0.2, -0.15) is 0 Å². The molecule has 0 aliphatic carbocycles. The Bertz CT molecular complexity index is 298. The Labute approximate surface area is 101 Å². The summed E-state index contributed by atoms with van der Waals surface area (Å²) in [4.78, 5) is 8.02. The molecule has 96 valence electrons. The highest BCUT2D eigenvalue weighted by atomic mass is 16.3. The third-order valence-corrected chi connectivity index (χ3v) is 2.67. The van der Waals surface area contributed by atoms with Crippen LogP contribution in [0.1, 0.15) is 24.5 Å². The van der Waals surface area contributed by atoms with Crippen LogP contribution >= 0.6 is 0 Å². The van der Waals surface area contributed by atoms with Gasteiger partial charge in [-0.05, 0) is 18.9 Å². The van der Waals surface area contributed by atoms with Gasteiger partial charge in [0.1, 0.15) is 6.33 Å². The first-order valence-corrected chi connectivity index (χ1v) is 5.66. The van der Waals surface area contributed by atoms with Crippen LogP contribution in [0.4, 0.5) is 0 Å². The molecule has 6 N–H and O–H groups in total. The molecule has 6 nitrogen and oxygen atoms in total. The lowest BCUT2D eigenvalue weighted by molar-refractivity contribution is 0.234. The van der Waals surface area contributed by atoms with Crippen LogP contribution in [0.3, 0.4) is 0 Å². The highest BCUT2D eigenvalue weighted by Gasteiger charge is 2.19. The van der Waals surface area contributed by atoms with E-state index in [4.69, 9.17) is 21.7 Å². The van der Waals surface area contributed by atoms with Crippen molar-refractivity contribution in [3.8, 4) is 0 Å². The minimum atomic E-state index is -0.305. The average molecular weight is 240 g/mol. The van der Waals surface area contributed by atoms with Gasteiger partial charge in [-0.25, -0.2) is 9.97 Å². The molecular weight excluding hydrogens is 220 g/mol. The molecule has 0 aliphatic rings. The topological polar surface area (TPSA) is 118 Å². The van der Waals surface area contributed by atoms with Gasteiger partial charge in [0.25, 0.3) is 0 Å². The van der Waals surface area contributed by atoms with E-state index in [0.29, 0.717) is 12.8 Å². The molecule has 0 spiro atoms. The maximum absolute atomic E-state index is 8.98. The third-order valence-electron chi connectivity index (χ3n) is 2.67. The van der Waals surface area contributed by atoms with Crippen molar-refractivity contribution in [3.05, 3.63) is 24.3 Å². The molecule has 2 unspecified atom stereocenters. The van der Waals surface area contributed by atoms with E-state index < -0.39 is 0 Å². The van der Waals surface area contributed by atoms with Crippen LogP contribution in [-0.4, -0.2) is 45.5 Å². The SMILES string of the molecule is NC(CO)CC(CC(N)CO)c1ccncn1. The van der Waals surface area contributed by atoms with Gasteiger partial charge >= 0.3 is 0 Å². The first kappa shape index (κ1) is 14.0. The zero-order valence-electron chi connectivity index (χ0n) is 9.74. The molecule has 0 saturated carbocycles. The number of rotatable bonds is 7. The Kier molecular flexibility index (Phi) is 5.99. The van der Waals surface area contributed by atoms with Crippen LogP contribution in [0.2, 0.25) is 0 Å². The highest BCUT2D eigenvalue weighted by Crippen LogP contribution is 2.23. The molecule has 0 amide bonds. The molecular formula is C11H20N4O2. The predicted molar refractivity (Wildman–Crippen MR) is 64.1 cm³/mol. The number of hydrogen-bond acceptors (Lipinski definition) is 6. The van der Waals surface area contributed by atoms with Crippen molar-refractivity contribution in [3.63, 3.8) is 0 Å². The second-order valence-electron chi connectivity index (χ2n) is 4.19. The van der Waals surface area contributed by atoms with E-state index >= 15 is 0 Å². The molecule has 0 fully saturated rings. The fraction of sp³-hybridized carbons (Fsp3) is 0.636. The first-order valence-electron chi connectivity index (χ1n) is 5.66. The minimum absolute atomic E-state index is 0.0299. The summed E-state index contributed by atoms with van der Waals surface area (Å²) in [5, 5.41) is 18.0. The second kappa shape index (κ2) is 7.29. The number of aliphatic hydroxyl groups excluding tert-OH is 2. The Morgan fingerprint density at radius 2 is 1.71 bits per heavy atom. The molecule has 1 aromatic heterocycles. The van der Waals surface area contributed by atoms with Gasteiger partial charge in [-0.1, -0.05) is 0 Å². The van der Waals surface area contributed by atoms with Gasteiger partial charge in [0.05, 0.1) is 13.2 Å². The highest BCUT2D eigenvalue weighted by molar-refractivity contribution is 5.07. The van der Waals surface area contributed by atoms with Crippen LogP contribution in [0.25, 0.3) is 0 Å². The molecule has 1 heterocycles. The van der Waals surface area contributed by atoms with Gasteiger partial charge in [-0.15, -0.1) is 0 Å². The van der Waals surface area contributed by atoms with E-state index in [-0.39, 0.29) is 31.2 Å². The molecule has 2 atom stereocenters. The van der Waals surface area contributed by atoms with Crippen molar-refractivity contribution < 1.29 is 10.2 Å². The normalized spacial score (nSPS) is 16.5. The summed E-state index contributed by atoms with van der Waals surface area (Å²) in [6.45, 7) is -0.147. The maximum atomic E-state index is 8.98. The van der Waals surface area contributed by atoms with Crippen molar-refractivity contribution in [2.24, 2.45) is 11.5 Å². The van der Waals surface area contributed by atoms with Gasteiger partial charge in [-0.3, -0.25) is 0 Å². The molecule has 0 radical (unpaired) electrons. The fourth-order valence-electron chi connectivity index (χ4n) is 1.76. The van der Waals surface area contributed by atoms with E-state index in [9.17, 15) is 0 Å². The van der Waals surface area contributed by atoms with E-state index in [1.54, 1.807) is 12.3 Å². The van der Waals surface area contributed by atoms with Gasteiger partial charge in [0.15, 0.2) is 0 Å². The molecule has 0 bridgehead atoms. The summed E-state index contributed by atoms with van der Waals surface area (Å²) >= 11 is 0. The molecule has 0 aliphatic heterocycles. The standard InChI is InChI=1S/C11H20N4O2/c12-9(5-16)3-8(4-10(13)6-17)11-1-2-14-7-15-11/h1-2,7-10,16-17H,3-6,12-13H2. The fourth-order valence-corrected chi connectivity index (χ4v) is 1.76. The molecule has 1 rings (SSSR count). The van der Waals surface area contributed by atoms with E-state index in [1.807, 2.05) is 0 Å². The summed E-state index contributed by atoms with van der Waals surface area (Å²) < 4.78 is 0. The molecule has 0 saturated heterocycles. The van der Waals surface area contributed by atoms with Crippen molar-refractivity contribution in [2.45, 2.75) is 30.8 Å². The Hall–Kier alpha value is -1.08. The van der Waals surface area contributed by atoms with Crippen molar-refractivity contribution >= 4 is 0 Å². The Morgan fingerprint density at radius 1 is 1.12 bits per heavy atom. The van der Waals surface area contributed by atoms with Gasteiger partial charge in [0.2, 0.25) is 0 Å². The quantitative estimate of drug-likeness (QED) is 0.484. The van der Waals surface area contributed by atoms with Crippen molar-refractivity contribution in [1.82, 2.24) is 9.97 Å². The predicted octanol–water partition coefficient (Wildman–Crippen LogP) is -1.02. The zero-order chi connectivity index (χ0) is 12.7. The van der Waals surface area contributed by atoms with E-state index in [0.717, 1.165) is 5.69 Å². The van der Waals surface area contributed by atoms with E-state index in [2.05, 4.69) is 9.97 Å². The van der Waals surface area contributed by atoms with E-state index in [1.165, 1.54) is 6.33 Å². The summed E-state index contributed by atoms with van der Waals surface area (Å²) in [6, 6.07) is 1.19. The summed E-state index contributed by atoms with van der Waals surface area (Å²) in [5.41, 5.74) is 12.3. The van der Waals surface area contributed by atoms with Crippen molar-refractivity contribution in [2.75, 3.05) is 13.2 Å². The third kappa shape index (κ3) is 4.74. The van der Waals surface area contributed by atoms with Crippen molar-refractivity contribution in [1.29, 1.82) is 0 Å². The zero-order valence-corrected chi connectivity index (χ0v) is 9.74. The smallest absolute Gasteiger partial charge is 0.115 e. The Balaban J connectivity index is 2.72. The monoisotopic (exact) mass is 240 g/mol. The minimum Gasteiger partial charge on any atom is -0.395 e. The summed E-state index contributed by atoms with van der Waals surface area (Å²) in [6.07, 6.45) is 4.30. The number of aliphatic hydroxyl groups is 2. The lowest BCUT2D eigenvalue weighted by Gasteiger charge is -2.21. The number of hydrogen-bond donors (Lipinski definition) is 4.